The first-order valence-corrected chi connectivity index (χ1v) is 9.42. The van der Waals surface area contributed by atoms with Crippen molar-refractivity contribution in [1.29, 1.82) is 0 Å². The molecule has 0 fully saturated rings. The van der Waals surface area contributed by atoms with Gasteiger partial charge in [-0.1, -0.05) is 62.7 Å². The lowest BCUT2D eigenvalue weighted by Crippen LogP contribution is -2.24. The van der Waals surface area contributed by atoms with Gasteiger partial charge in [-0.3, -0.25) is 4.79 Å². The summed E-state index contributed by atoms with van der Waals surface area (Å²) in [7, 11) is 0. The van der Waals surface area contributed by atoms with Crippen LogP contribution in [0.3, 0.4) is 0 Å². The molecule has 0 saturated heterocycles. The maximum Gasteiger partial charge on any atom is 0.271 e. The van der Waals surface area contributed by atoms with Gasteiger partial charge in [0.05, 0.1) is 12.4 Å². The van der Waals surface area contributed by atoms with Gasteiger partial charge in [-0.15, -0.1) is 0 Å². The number of halogens is 1. The summed E-state index contributed by atoms with van der Waals surface area (Å²) < 4.78 is 0. The molecule has 2 aromatic carbocycles. The zero-order chi connectivity index (χ0) is 20.1. The Balaban J connectivity index is 1.65. The van der Waals surface area contributed by atoms with Gasteiger partial charge in [0.15, 0.2) is 0 Å². The van der Waals surface area contributed by atoms with Gasteiger partial charge in [0.25, 0.3) is 5.91 Å². The lowest BCUT2D eigenvalue weighted by atomic mass is 9.86. The minimum absolute atomic E-state index is 0.00147. The van der Waals surface area contributed by atoms with Gasteiger partial charge in [0, 0.05) is 17.3 Å². The Labute approximate surface area is 170 Å². The molecular weight excluding hydrogens is 372 g/mol. The predicted octanol–water partition coefficient (Wildman–Crippen LogP) is 5.10. The van der Waals surface area contributed by atoms with E-state index in [0.29, 0.717) is 17.4 Å². The molecule has 0 aliphatic heterocycles. The van der Waals surface area contributed by atoms with Crippen LogP contribution in [0.25, 0.3) is 0 Å². The van der Waals surface area contributed by atoms with Gasteiger partial charge < -0.3 is 10.6 Å². The molecule has 3 rings (SSSR count). The monoisotopic (exact) mass is 394 g/mol. The normalized spacial score (nSPS) is 11.1. The first-order chi connectivity index (χ1) is 13.3. The third-order valence-corrected chi connectivity index (χ3v) is 4.50. The fraction of sp³-hybridized carbons (Fsp3) is 0.227. The Bertz CT molecular complexity index is 948. The van der Waals surface area contributed by atoms with Gasteiger partial charge in [-0.25, -0.2) is 9.97 Å². The van der Waals surface area contributed by atoms with Crippen LogP contribution in [0.15, 0.2) is 60.9 Å². The fourth-order valence-electron chi connectivity index (χ4n) is 2.77. The highest BCUT2D eigenvalue weighted by Gasteiger charge is 2.17. The molecule has 0 bridgehead atoms. The van der Waals surface area contributed by atoms with E-state index in [4.69, 9.17) is 11.6 Å². The molecule has 28 heavy (non-hydrogen) atoms. The molecule has 0 radical (unpaired) electrons. The number of aromatic nitrogens is 2. The molecule has 0 saturated carbocycles. The molecule has 1 amide bonds. The van der Waals surface area contributed by atoms with E-state index in [9.17, 15) is 4.79 Å². The van der Waals surface area contributed by atoms with Crippen molar-refractivity contribution in [1.82, 2.24) is 15.3 Å². The van der Waals surface area contributed by atoms with Crippen molar-refractivity contribution in [3.8, 4) is 0 Å². The highest BCUT2D eigenvalue weighted by atomic mass is 35.5. The minimum atomic E-state index is -0.274. The fourth-order valence-corrected chi connectivity index (χ4v) is 2.90. The highest BCUT2D eigenvalue weighted by molar-refractivity contribution is 6.30. The number of hydrogen-bond donors (Lipinski definition) is 2. The number of para-hydroxylation sites is 1. The summed E-state index contributed by atoms with van der Waals surface area (Å²) in [5, 5.41) is 6.78. The van der Waals surface area contributed by atoms with Crippen molar-refractivity contribution in [2.45, 2.75) is 32.7 Å². The van der Waals surface area contributed by atoms with Crippen molar-refractivity contribution in [3.63, 3.8) is 0 Å². The molecule has 1 heterocycles. The molecule has 5 nitrogen and oxygen atoms in total. The van der Waals surface area contributed by atoms with E-state index in [1.165, 1.54) is 11.8 Å². The van der Waals surface area contributed by atoms with Gasteiger partial charge >= 0.3 is 0 Å². The largest absolute Gasteiger partial charge is 0.347 e. The maximum absolute atomic E-state index is 12.3. The van der Waals surface area contributed by atoms with Crippen molar-refractivity contribution in [2.24, 2.45) is 0 Å². The summed E-state index contributed by atoms with van der Waals surface area (Å²) in [6, 6.07) is 15.4. The van der Waals surface area contributed by atoms with Crippen LogP contribution in [0.1, 0.15) is 42.4 Å². The number of amides is 1. The Morgan fingerprint density at radius 1 is 1.00 bits per heavy atom. The summed E-state index contributed by atoms with van der Waals surface area (Å²) >= 11 is 5.87. The van der Waals surface area contributed by atoms with Gasteiger partial charge in [0.1, 0.15) is 11.5 Å². The average Bonchev–Trinajstić information content (AvgIpc) is 2.67. The molecule has 6 heteroatoms. The minimum Gasteiger partial charge on any atom is -0.347 e. The number of carbonyl (C=O) groups excluding carboxylic acids is 1. The van der Waals surface area contributed by atoms with E-state index >= 15 is 0 Å². The molecule has 0 aliphatic carbocycles. The van der Waals surface area contributed by atoms with E-state index < -0.39 is 0 Å². The van der Waals surface area contributed by atoms with Crippen LogP contribution in [0.5, 0.6) is 0 Å². The van der Waals surface area contributed by atoms with E-state index in [2.05, 4.69) is 47.4 Å². The summed E-state index contributed by atoms with van der Waals surface area (Å²) in [6.07, 6.45) is 3.04. The average molecular weight is 395 g/mol. The Kier molecular flexibility index (Phi) is 5.95. The lowest BCUT2D eigenvalue weighted by molar-refractivity contribution is 0.0945. The van der Waals surface area contributed by atoms with Crippen LogP contribution < -0.4 is 10.6 Å². The number of nitrogens with one attached hydrogen (secondary N) is 2. The van der Waals surface area contributed by atoms with E-state index in [-0.39, 0.29) is 17.0 Å². The van der Waals surface area contributed by atoms with Gasteiger partial charge in [-0.2, -0.15) is 0 Å². The predicted molar refractivity (Wildman–Crippen MR) is 113 cm³/mol. The zero-order valence-corrected chi connectivity index (χ0v) is 16.9. The first kappa shape index (κ1) is 19.8. The second kappa shape index (κ2) is 8.40. The quantitative estimate of drug-likeness (QED) is 0.631. The van der Waals surface area contributed by atoms with E-state index in [0.717, 1.165) is 11.3 Å². The lowest BCUT2D eigenvalue weighted by Gasteiger charge is -2.23. The van der Waals surface area contributed by atoms with Crippen molar-refractivity contribution in [3.05, 3.63) is 82.8 Å². The molecular formula is C22H23ClN4O. The summed E-state index contributed by atoms with van der Waals surface area (Å²) in [6.45, 7) is 6.88. The number of rotatable bonds is 5. The molecule has 0 unspecified atom stereocenters. The molecule has 0 aliphatic rings. The van der Waals surface area contributed by atoms with Crippen molar-refractivity contribution >= 4 is 29.0 Å². The third kappa shape index (κ3) is 5.08. The summed E-state index contributed by atoms with van der Waals surface area (Å²) in [4.78, 5) is 20.8. The highest BCUT2D eigenvalue weighted by Crippen LogP contribution is 2.30. The van der Waals surface area contributed by atoms with Gasteiger partial charge in [0.2, 0.25) is 0 Å². The number of carbonyl (C=O) groups is 1. The number of nitrogens with zero attached hydrogens (tertiary/aromatic N) is 2. The summed E-state index contributed by atoms with van der Waals surface area (Å²) in [5.41, 5.74) is 3.38. The number of benzene rings is 2. The van der Waals surface area contributed by atoms with Crippen LogP contribution in [0.2, 0.25) is 5.02 Å². The van der Waals surface area contributed by atoms with Gasteiger partial charge in [-0.05, 0) is 34.7 Å². The van der Waals surface area contributed by atoms with Crippen LogP contribution in [-0.2, 0) is 12.0 Å². The molecule has 144 valence electrons. The zero-order valence-electron chi connectivity index (χ0n) is 16.2. The van der Waals surface area contributed by atoms with Crippen molar-refractivity contribution in [2.75, 3.05) is 5.32 Å². The van der Waals surface area contributed by atoms with Crippen LogP contribution >= 0.6 is 11.6 Å². The Hall–Kier alpha value is -2.92. The SMILES string of the molecule is CC(C)(C)c1ccccc1Nc1cnc(C(=O)NCc2ccc(Cl)cc2)cn1. The second-order valence-electron chi connectivity index (χ2n) is 7.52. The molecule has 1 aromatic heterocycles. The smallest absolute Gasteiger partial charge is 0.271 e. The Morgan fingerprint density at radius 3 is 2.36 bits per heavy atom. The van der Waals surface area contributed by atoms with Crippen LogP contribution in [-0.4, -0.2) is 15.9 Å². The summed E-state index contributed by atoms with van der Waals surface area (Å²) in [5.74, 6) is 0.315. The Morgan fingerprint density at radius 2 is 1.71 bits per heavy atom. The molecule has 2 N–H and O–H groups in total. The maximum atomic E-state index is 12.3. The van der Waals surface area contributed by atoms with Crippen molar-refractivity contribution < 1.29 is 4.79 Å². The third-order valence-electron chi connectivity index (χ3n) is 4.25. The molecule has 0 atom stereocenters. The first-order valence-electron chi connectivity index (χ1n) is 9.04. The van der Waals surface area contributed by atoms with Crippen LogP contribution in [0.4, 0.5) is 11.5 Å². The van der Waals surface area contributed by atoms with E-state index in [1.54, 1.807) is 18.3 Å². The topological polar surface area (TPSA) is 66.9 Å². The number of anilines is 2. The number of hydrogen-bond acceptors (Lipinski definition) is 4. The standard InChI is InChI=1S/C22H23ClN4O/c1-22(2,3)17-6-4-5-7-18(17)27-20-14-24-19(13-25-20)21(28)26-12-15-8-10-16(23)11-9-15/h4-11,13-14H,12H2,1-3H3,(H,25,27)(H,26,28). The molecule has 0 spiro atoms. The van der Waals surface area contributed by atoms with E-state index in [1.807, 2.05) is 30.3 Å². The molecule has 3 aromatic rings. The van der Waals surface area contributed by atoms with Crippen LogP contribution in [0, 0.1) is 0 Å². The second-order valence-corrected chi connectivity index (χ2v) is 7.95.